The highest BCUT2D eigenvalue weighted by Crippen LogP contribution is 2.42. The van der Waals surface area contributed by atoms with Crippen molar-refractivity contribution in [3.8, 4) is 0 Å². The van der Waals surface area contributed by atoms with Crippen LogP contribution in [0.2, 0.25) is 0 Å². The Hall–Kier alpha value is -2.04. The molecule has 3 rings (SSSR count). The van der Waals surface area contributed by atoms with E-state index in [1.807, 2.05) is 0 Å². The lowest BCUT2D eigenvalue weighted by atomic mass is 10.2. The zero-order valence-electron chi connectivity index (χ0n) is 8.67. The average molecular weight is 213 g/mol. The first kappa shape index (κ1) is 9.21. The van der Waals surface area contributed by atoms with Crippen molar-refractivity contribution in [1.29, 1.82) is 0 Å². The summed E-state index contributed by atoms with van der Waals surface area (Å²) in [5.74, 6) is 1.31. The fraction of sp³-hybridized carbons (Fsp3) is 0.273. The summed E-state index contributed by atoms with van der Waals surface area (Å²) in [6, 6.07) is 0. The maximum absolute atomic E-state index is 4.32. The van der Waals surface area contributed by atoms with Gasteiger partial charge in [0, 0.05) is 18.3 Å². The minimum Gasteiger partial charge on any atom is -0.336 e. The molecule has 16 heavy (non-hydrogen) atoms. The number of nitrogens with one attached hydrogen (secondary N) is 1. The van der Waals surface area contributed by atoms with Crippen LogP contribution in [0.25, 0.3) is 0 Å². The topological polar surface area (TPSA) is 63.6 Å². The van der Waals surface area contributed by atoms with E-state index < -0.39 is 0 Å². The second kappa shape index (κ2) is 3.84. The molecule has 5 nitrogen and oxygen atoms in total. The third-order valence-electron chi connectivity index (χ3n) is 2.53. The third-order valence-corrected chi connectivity index (χ3v) is 2.53. The summed E-state index contributed by atoms with van der Waals surface area (Å²) in [6.45, 7) is 0. The van der Waals surface area contributed by atoms with Crippen molar-refractivity contribution in [1.82, 2.24) is 19.9 Å². The van der Waals surface area contributed by atoms with E-state index in [2.05, 4.69) is 25.3 Å². The molecule has 1 saturated carbocycles. The zero-order valence-corrected chi connectivity index (χ0v) is 8.67. The molecule has 2 aromatic rings. The summed E-state index contributed by atoms with van der Waals surface area (Å²) in [7, 11) is 0. The van der Waals surface area contributed by atoms with Crippen LogP contribution < -0.4 is 5.32 Å². The maximum Gasteiger partial charge on any atom is 0.148 e. The van der Waals surface area contributed by atoms with Gasteiger partial charge < -0.3 is 5.32 Å². The van der Waals surface area contributed by atoms with Crippen molar-refractivity contribution in [3.63, 3.8) is 0 Å². The Kier molecular flexibility index (Phi) is 2.21. The van der Waals surface area contributed by atoms with Crippen molar-refractivity contribution >= 4 is 11.5 Å². The molecule has 5 heteroatoms. The Morgan fingerprint density at radius 3 is 2.75 bits per heavy atom. The van der Waals surface area contributed by atoms with Gasteiger partial charge in [-0.2, -0.15) is 0 Å². The first-order chi connectivity index (χ1) is 7.93. The molecule has 0 atom stereocenters. The van der Waals surface area contributed by atoms with Gasteiger partial charge in [-0.15, -0.1) is 0 Å². The highest BCUT2D eigenvalue weighted by molar-refractivity contribution is 5.58. The second-order valence-corrected chi connectivity index (χ2v) is 3.81. The molecule has 1 fully saturated rings. The lowest BCUT2D eigenvalue weighted by molar-refractivity contribution is 0.988. The minimum atomic E-state index is 0.585. The van der Waals surface area contributed by atoms with Gasteiger partial charge in [-0.1, -0.05) is 0 Å². The predicted octanol–water partition coefficient (Wildman–Crippen LogP) is 1.89. The number of anilines is 2. The number of hydrogen-bond donors (Lipinski definition) is 1. The van der Waals surface area contributed by atoms with Crippen LogP contribution in [0.1, 0.15) is 24.5 Å². The molecule has 0 amide bonds. The normalized spacial score (nSPS) is 14.8. The van der Waals surface area contributed by atoms with E-state index in [-0.39, 0.29) is 0 Å². The van der Waals surface area contributed by atoms with Crippen LogP contribution in [0.5, 0.6) is 0 Å². The fourth-order valence-electron chi connectivity index (χ4n) is 1.62. The van der Waals surface area contributed by atoms with E-state index in [9.17, 15) is 0 Å². The Bertz CT molecular complexity index is 481. The number of nitrogens with zero attached hydrogens (tertiary/aromatic N) is 4. The lowest BCUT2D eigenvalue weighted by Gasteiger charge is -2.08. The molecule has 0 spiro atoms. The van der Waals surface area contributed by atoms with Gasteiger partial charge in [0.15, 0.2) is 0 Å². The molecule has 0 radical (unpaired) electrons. The SMILES string of the molecule is c1cnc(Nc2cncnc2C2CC2)cn1. The molecule has 0 saturated heterocycles. The average Bonchev–Trinajstić information content (AvgIpc) is 3.15. The summed E-state index contributed by atoms with van der Waals surface area (Å²) in [4.78, 5) is 16.5. The molecule has 0 aliphatic heterocycles. The first-order valence-electron chi connectivity index (χ1n) is 5.26. The molecular weight excluding hydrogens is 202 g/mol. The Morgan fingerprint density at radius 1 is 1.06 bits per heavy atom. The van der Waals surface area contributed by atoms with Gasteiger partial charge in [-0.25, -0.2) is 15.0 Å². The van der Waals surface area contributed by atoms with Crippen LogP contribution in [-0.4, -0.2) is 19.9 Å². The van der Waals surface area contributed by atoms with Crippen LogP contribution in [-0.2, 0) is 0 Å². The van der Waals surface area contributed by atoms with Crippen LogP contribution in [0.3, 0.4) is 0 Å². The van der Waals surface area contributed by atoms with Crippen molar-refractivity contribution < 1.29 is 0 Å². The number of aromatic nitrogens is 4. The molecular formula is C11H11N5. The predicted molar refractivity (Wildman–Crippen MR) is 59.3 cm³/mol. The van der Waals surface area contributed by atoms with Crippen molar-refractivity contribution in [2.24, 2.45) is 0 Å². The van der Waals surface area contributed by atoms with Gasteiger partial charge in [-0.3, -0.25) is 4.98 Å². The molecule has 1 aliphatic rings. The third kappa shape index (κ3) is 1.84. The van der Waals surface area contributed by atoms with Crippen LogP contribution >= 0.6 is 0 Å². The van der Waals surface area contributed by atoms with E-state index in [4.69, 9.17) is 0 Å². The van der Waals surface area contributed by atoms with Gasteiger partial charge in [0.25, 0.3) is 0 Å². The summed E-state index contributed by atoms with van der Waals surface area (Å²) < 4.78 is 0. The van der Waals surface area contributed by atoms with E-state index in [1.54, 1.807) is 31.1 Å². The summed E-state index contributed by atoms with van der Waals surface area (Å²) in [5.41, 5.74) is 2.02. The Labute approximate surface area is 93.0 Å². The highest BCUT2D eigenvalue weighted by Gasteiger charge is 2.27. The minimum absolute atomic E-state index is 0.585. The van der Waals surface area contributed by atoms with Crippen molar-refractivity contribution in [2.75, 3.05) is 5.32 Å². The second-order valence-electron chi connectivity index (χ2n) is 3.81. The molecule has 1 N–H and O–H groups in total. The summed E-state index contributed by atoms with van der Waals surface area (Å²) in [6.07, 6.45) is 10.8. The highest BCUT2D eigenvalue weighted by atomic mass is 15.0. The smallest absolute Gasteiger partial charge is 0.148 e. The van der Waals surface area contributed by atoms with Crippen LogP contribution in [0, 0.1) is 0 Å². The zero-order chi connectivity index (χ0) is 10.8. The van der Waals surface area contributed by atoms with Gasteiger partial charge in [-0.05, 0) is 12.8 Å². The van der Waals surface area contributed by atoms with E-state index in [0.29, 0.717) is 5.92 Å². The number of hydrogen-bond acceptors (Lipinski definition) is 5. The van der Waals surface area contributed by atoms with Crippen LogP contribution in [0.15, 0.2) is 31.1 Å². The molecule has 0 unspecified atom stereocenters. The fourth-order valence-corrected chi connectivity index (χ4v) is 1.62. The number of rotatable bonds is 3. The maximum atomic E-state index is 4.32. The monoisotopic (exact) mass is 213 g/mol. The molecule has 0 aromatic carbocycles. The van der Waals surface area contributed by atoms with Gasteiger partial charge in [0.05, 0.1) is 23.8 Å². The van der Waals surface area contributed by atoms with E-state index in [0.717, 1.165) is 17.2 Å². The van der Waals surface area contributed by atoms with Crippen LogP contribution in [0.4, 0.5) is 11.5 Å². The lowest BCUT2D eigenvalue weighted by Crippen LogP contribution is -2.00. The van der Waals surface area contributed by atoms with Crippen molar-refractivity contribution in [2.45, 2.75) is 18.8 Å². The largest absolute Gasteiger partial charge is 0.336 e. The van der Waals surface area contributed by atoms with E-state index >= 15 is 0 Å². The molecule has 80 valence electrons. The molecule has 2 aromatic heterocycles. The molecule has 2 heterocycles. The van der Waals surface area contributed by atoms with Gasteiger partial charge in [0.2, 0.25) is 0 Å². The van der Waals surface area contributed by atoms with Gasteiger partial charge in [0.1, 0.15) is 12.1 Å². The van der Waals surface area contributed by atoms with Gasteiger partial charge >= 0.3 is 0 Å². The summed E-state index contributed by atoms with van der Waals surface area (Å²) >= 11 is 0. The quantitative estimate of drug-likeness (QED) is 0.843. The van der Waals surface area contributed by atoms with Crippen molar-refractivity contribution in [3.05, 3.63) is 36.8 Å². The molecule has 1 aliphatic carbocycles. The first-order valence-corrected chi connectivity index (χ1v) is 5.26. The van der Waals surface area contributed by atoms with E-state index in [1.165, 1.54) is 12.8 Å². The molecule has 0 bridgehead atoms. The standard InChI is InChI=1S/C11H11N5/c1-2-8(1)11-9(5-13-7-15-11)16-10-6-12-3-4-14-10/h3-8H,1-2H2,(H,14,16). The Morgan fingerprint density at radius 2 is 2.00 bits per heavy atom. The Balaban J connectivity index is 1.89. The summed E-state index contributed by atoms with van der Waals surface area (Å²) in [5, 5.41) is 3.20.